The monoisotopic (exact) mass is 400 g/mol. The number of nitrogens with zero attached hydrogens (tertiary/aromatic N) is 1. The number of fused-ring (bicyclic) bond motifs is 1. The molecule has 1 atom stereocenters. The van der Waals surface area contributed by atoms with Gasteiger partial charge in [-0.3, -0.25) is 4.79 Å². The summed E-state index contributed by atoms with van der Waals surface area (Å²) in [5.41, 5.74) is 9.13. The molecule has 1 aromatic heterocycles. The molecule has 0 spiro atoms. The van der Waals surface area contributed by atoms with E-state index in [1.165, 1.54) is 7.11 Å². The molecular weight excluding hydrogens is 380 g/mol. The predicted octanol–water partition coefficient (Wildman–Crippen LogP) is 2.89. The highest BCUT2D eigenvalue weighted by molar-refractivity contribution is 6.30. The Morgan fingerprint density at radius 1 is 1.25 bits per heavy atom. The molecule has 0 aliphatic carbocycles. The molecule has 1 unspecified atom stereocenters. The number of aliphatic hydroxyl groups excluding tert-OH is 1. The molecule has 146 valence electrons. The zero-order valence-electron chi connectivity index (χ0n) is 15.6. The number of esters is 1. The number of primary amides is 1. The van der Waals surface area contributed by atoms with Gasteiger partial charge in [0.2, 0.25) is 5.91 Å². The number of aliphatic hydroxyl groups is 1. The van der Waals surface area contributed by atoms with E-state index in [1.807, 2.05) is 35.8 Å². The largest absolute Gasteiger partial charge is 0.467 e. The van der Waals surface area contributed by atoms with Crippen LogP contribution in [0.4, 0.5) is 0 Å². The number of ether oxygens (including phenoxy) is 1. The van der Waals surface area contributed by atoms with Gasteiger partial charge < -0.3 is 20.1 Å². The summed E-state index contributed by atoms with van der Waals surface area (Å²) in [7, 11) is 1.21. The smallest absolute Gasteiger partial charge is 0.339 e. The summed E-state index contributed by atoms with van der Waals surface area (Å²) in [6.07, 6.45) is -1.46. The molecule has 0 aliphatic rings. The second-order valence-electron chi connectivity index (χ2n) is 6.59. The average Bonchev–Trinajstić information content (AvgIpc) is 2.92. The fourth-order valence-corrected chi connectivity index (χ4v) is 3.73. The van der Waals surface area contributed by atoms with E-state index < -0.39 is 18.0 Å². The standard InChI is InChI=1S/C21H21ClN2O4/c1-12-16(10-18(23)25)19-15(20(26)21(27)28-2)7-4-8-17(19)24(12)11-13-5-3-6-14(22)9-13/h3-9,20,26H,10-11H2,1-2H3,(H2,23,25). The number of hydrogen-bond acceptors (Lipinski definition) is 4. The van der Waals surface area contributed by atoms with Crippen LogP contribution in [0.1, 0.15) is 28.5 Å². The zero-order chi connectivity index (χ0) is 20.4. The van der Waals surface area contributed by atoms with Gasteiger partial charge in [0, 0.05) is 33.7 Å². The first-order valence-corrected chi connectivity index (χ1v) is 9.10. The number of methoxy groups -OCH3 is 1. The number of nitrogens with two attached hydrogens (primary N) is 1. The average molecular weight is 401 g/mol. The summed E-state index contributed by atoms with van der Waals surface area (Å²) in [5.74, 6) is -1.26. The maximum atomic E-state index is 11.9. The van der Waals surface area contributed by atoms with Crippen molar-refractivity contribution in [3.8, 4) is 0 Å². The molecular formula is C21H21ClN2O4. The molecule has 0 bridgehead atoms. The number of carbonyl (C=O) groups is 2. The van der Waals surface area contributed by atoms with Gasteiger partial charge in [0.1, 0.15) is 0 Å². The number of aromatic nitrogens is 1. The van der Waals surface area contributed by atoms with Crippen molar-refractivity contribution >= 4 is 34.4 Å². The van der Waals surface area contributed by atoms with Crippen LogP contribution < -0.4 is 5.73 Å². The van der Waals surface area contributed by atoms with E-state index in [-0.39, 0.29) is 6.42 Å². The van der Waals surface area contributed by atoms with Crippen LogP contribution in [-0.4, -0.2) is 28.7 Å². The van der Waals surface area contributed by atoms with Gasteiger partial charge in [0.25, 0.3) is 0 Å². The minimum absolute atomic E-state index is 0.00418. The fraction of sp³-hybridized carbons (Fsp3) is 0.238. The second-order valence-corrected chi connectivity index (χ2v) is 7.03. The number of hydrogen-bond donors (Lipinski definition) is 2. The van der Waals surface area contributed by atoms with Gasteiger partial charge in [-0.15, -0.1) is 0 Å². The first-order chi connectivity index (χ1) is 13.3. The van der Waals surface area contributed by atoms with Gasteiger partial charge in [0.15, 0.2) is 6.10 Å². The van der Waals surface area contributed by atoms with Gasteiger partial charge >= 0.3 is 5.97 Å². The van der Waals surface area contributed by atoms with E-state index >= 15 is 0 Å². The summed E-state index contributed by atoms with van der Waals surface area (Å²) < 4.78 is 6.70. The Labute approximate surface area is 167 Å². The first kappa shape index (κ1) is 19.9. The molecule has 2 aromatic carbocycles. The van der Waals surface area contributed by atoms with Crippen molar-refractivity contribution < 1.29 is 19.4 Å². The number of rotatable bonds is 6. The van der Waals surface area contributed by atoms with E-state index in [0.29, 0.717) is 28.1 Å². The highest BCUT2D eigenvalue weighted by atomic mass is 35.5. The number of halogens is 1. The molecule has 1 heterocycles. The van der Waals surface area contributed by atoms with Crippen molar-refractivity contribution in [3.63, 3.8) is 0 Å². The molecule has 3 N–H and O–H groups in total. The molecule has 0 radical (unpaired) electrons. The number of benzene rings is 2. The van der Waals surface area contributed by atoms with Crippen LogP contribution in [0.5, 0.6) is 0 Å². The van der Waals surface area contributed by atoms with Crippen LogP contribution in [0.25, 0.3) is 10.9 Å². The number of amides is 1. The van der Waals surface area contributed by atoms with Crippen molar-refractivity contribution in [3.05, 3.63) is 69.9 Å². The minimum atomic E-state index is -1.46. The molecule has 0 saturated heterocycles. The molecule has 28 heavy (non-hydrogen) atoms. The third-order valence-electron chi connectivity index (χ3n) is 4.81. The highest BCUT2D eigenvalue weighted by Crippen LogP contribution is 2.33. The second kappa shape index (κ2) is 8.04. The lowest BCUT2D eigenvalue weighted by Gasteiger charge is -2.12. The number of carbonyl (C=O) groups excluding carboxylic acids is 2. The lowest BCUT2D eigenvalue weighted by molar-refractivity contribution is -0.150. The lowest BCUT2D eigenvalue weighted by Crippen LogP contribution is -2.16. The molecule has 7 heteroatoms. The Hall–Kier alpha value is -2.83. The quantitative estimate of drug-likeness (QED) is 0.622. The van der Waals surface area contributed by atoms with Gasteiger partial charge in [-0.05, 0) is 36.2 Å². The highest BCUT2D eigenvalue weighted by Gasteiger charge is 2.25. The molecule has 1 amide bonds. The predicted molar refractivity (Wildman–Crippen MR) is 107 cm³/mol. The molecule has 0 aliphatic heterocycles. The Kier molecular flexibility index (Phi) is 5.72. The fourth-order valence-electron chi connectivity index (χ4n) is 3.51. The minimum Gasteiger partial charge on any atom is -0.467 e. The normalized spacial score (nSPS) is 12.1. The third kappa shape index (κ3) is 3.74. The van der Waals surface area contributed by atoms with Crippen molar-refractivity contribution in [1.29, 1.82) is 0 Å². The van der Waals surface area contributed by atoms with E-state index in [0.717, 1.165) is 16.8 Å². The van der Waals surface area contributed by atoms with Crippen LogP contribution in [0.2, 0.25) is 5.02 Å². The van der Waals surface area contributed by atoms with Crippen molar-refractivity contribution in [2.45, 2.75) is 26.0 Å². The molecule has 3 aromatic rings. The van der Waals surface area contributed by atoms with Crippen LogP contribution in [-0.2, 0) is 27.3 Å². The Balaban J connectivity index is 2.23. The van der Waals surface area contributed by atoms with Gasteiger partial charge in [-0.1, -0.05) is 35.9 Å². The van der Waals surface area contributed by atoms with Crippen molar-refractivity contribution in [2.75, 3.05) is 7.11 Å². The SMILES string of the molecule is COC(=O)C(O)c1cccc2c1c(CC(N)=O)c(C)n2Cc1cccc(Cl)c1. The Morgan fingerprint density at radius 2 is 1.96 bits per heavy atom. The summed E-state index contributed by atoms with van der Waals surface area (Å²) >= 11 is 6.11. The summed E-state index contributed by atoms with van der Waals surface area (Å²) in [4.78, 5) is 23.6. The summed E-state index contributed by atoms with van der Waals surface area (Å²) in [6, 6.07) is 12.8. The van der Waals surface area contributed by atoms with Crippen LogP contribution in [0.15, 0.2) is 42.5 Å². The summed E-state index contributed by atoms with van der Waals surface area (Å²) in [5, 5.41) is 11.7. The van der Waals surface area contributed by atoms with Crippen LogP contribution >= 0.6 is 11.6 Å². The van der Waals surface area contributed by atoms with E-state index in [1.54, 1.807) is 18.2 Å². The van der Waals surface area contributed by atoms with E-state index in [4.69, 9.17) is 17.3 Å². The van der Waals surface area contributed by atoms with Gasteiger partial charge in [0.05, 0.1) is 13.5 Å². The molecule has 6 nitrogen and oxygen atoms in total. The third-order valence-corrected chi connectivity index (χ3v) is 5.04. The lowest BCUT2D eigenvalue weighted by atomic mass is 9.99. The van der Waals surface area contributed by atoms with Crippen LogP contribution in [0, 0.1) is 6.92 Å². The maximum Gasteiger partial charge on any atom is 0.339 e. The van der Waals surface area contributed by atoms with Crippen LogP contribution in [0.3, 0.4) is 0 Å². The molecule has 0 fully saturated rings. The molecule has 3 rings (SSSR count). The van der Waals surface area contributed by atoms with E-state index in [9.17, 15) is 14.7 Å². The Morgan fingerprint density at radius 3 is 2.61 bits per heavy atom. The van der Waals surface area contributed by atoms with Gasteiger partial charge in [-0.25, -0.2) is 4.79 Å². The van der Waals surface area contributed by atoms with Gasteiger partial charge in [-0.2, -0.15) is 0 Å². The Bertz CT molecular complexity index is 1060. The molecule has 0 saturated carbocycles. The first-order valence-electron chi connectivity index (χ1n) is 8.72. The van der Waals surface area contributed by atoms with Crippen molar-refractivity contribution in [2.24, 2.45) is 5.73 Å². The summed E-state index contributed by atoms with van der Waals surface area (Å²) in [6.45, 7) is 2.40. The zero-order valence-corrected chi connectivity index (χ0v) is 16.4. The topological polar surface area (TPSA) is 94.6 Å². The van der Waals surface area contributed by atoms with E-state index in [2.05, 4.69) is 4.74 Å². The maximum absolute atomic E-state index is 11.9. The van der Waals surface area contributed by atoms with Crippen molar-refractivity contribution in [1.82, 2.24) is 4.57 Å².